The van der Waals surface area contributed by atoms with Crippen molar-refractivity contribution >= 4 is 28.9 Å². The zero-order chi connectivity index (χ0) is 13.7. The second-order valence-electron chi connectivity index (χ2n) is 4.74. The van der Waals surface area contributed by atoms with Gasteiger partial charge >= 0.3 is 5.97 Å². The van der Waals surface area contributed by atoms with Gasteiger partial charge in [0.25, 0.3) is 0 Å². The molecular weight excluding hydrogens is 274 g/mol. The molecule has 1 aromatic rings. The summed E-state index contributed by atoms with van der Waals surface area (Å²) in [4.78, 5) is 16.5. The zero-order valence-corrected chi connectivity index (χ0v) is 11.3. The second kappa shape index (κ2) is 4.14. The quantitative estimate of drug-likeness (QED) is 0.861. The van der Waals surface area contributed by atoms with Crippen LogP contribution in [0.3, 0.4) is 0 Å². The highest BCUT2D eigenvalue weighted by Crippen LogP contribution is 2.44. The highest BCUT2D eigenvalue weighted by Gasteiger charge is 2.37. The van der Waals surface area contributed by atoms with E-state index in [1.807, 2.05) is 24.3 Å². The van der Waals surface area contributed by atoms with E-state index in [0.717, 1.165) is 21.9 Å². The number of carbonyl (C=O) groups is 1. The number of para-hydroxylation sites is 1. The first-order chi connectivity index (χ1) is 9.75. The molecule has 0 aliphatic carbocycles. The molecule has 0 fully saturated rings. The van der Waals surface area contributed by atoms with E-state index in [1.165, 1.54) is 0 Å². The summed E-state index contributed by atoms with van der Waals surface area (Å²) in [5, 5.41) is 9.48. The molecule has 3 aliphatic heterocycles. The third-order valence-corrected chi connectivity index (χ3v) is 5.39. The number of nitrogens with zero attached hydrogens (tertiary/aromatic N) is 3. The monoisotopic (exact) mass is 285 g/mol. The zero-order valence-electron chi connectivity index (χ0n) is 10.5. The summed E-state index contributed by atoms with van der Waals surface area (Å²) in [7, 11) is -0.458. The first kappa shape index (κ1) is 11.6. The fourth-order valence-electron chi connectivity index (χ4n) is 2.74. The number of carboxylic acid groups (broad SMARTS) is 1. The van der Waals surface area contributed by atoms with Crippen LogP contribution >= 0.6 is 0 Å². The van der Waals surface area contributed by atoms with E-state index < -0.39 is 16.8 Å². The molecule has 0 amide bonds. The lowest BCUT2D eigenvalue weighted by Gasteiger charge is -2.31. The maximum atomic E-state index is 11.5. The van der Waals surface area contributed by atoms with E-state index in [9.17, 15) is 9.90 Å². The van der Waals surface area contributed by atoms with Crippen LogP contribution in [0.2, 0.25) is 0 Å². The van der Waals surface area contributed by atoms with E-state index in [0.29, 0.717) is 18.4 Å². The number of hydrogen-bond acceptors (Lipinski definition) is 4. The van der Waals surface area contributed by atoms with Crippen molar-refractivity contribution in [3.8, 4) is 0 Å². The van der Waals surface area contributed by atoms with Crippen molar-refractivity contribution in [2.45, 2.75) is 12.8 Å². The van der Waals surface area contributed by atoms with Crippen LogP contribution in [0.4, 0.5) is 5.69 Å². The van der Waals surface area contributed by atoms with Crippen molar-refractivity contribution in [2.75, 3.05) is 4.31 Å². The van der Waals surface area contributed by atoms with Crippen LogP contribution in [0.15, 0.2) is 56.0 Å². The SMILES string of the molecule is O=C(O)C1=C2Cc3ccccc3N2S2=NC=NC=C2C1. The molecule has 6 heteroatoms. The van der Waals surface area contributed by atoms with Crippen molar-refractivity contribution < 1.29 is 9.90 Å². The van der Waals surface area contributed by atoms with Gasteiger partial charge in [-0.2, -0.15) is 4.36 Å². The van der Waals surface area contributed by atoms with Crippen LogP contribution in [-0.2, 0) is 22.1 Å². The third kappa shape index (κ3) is 1.51. The number of fused-ring (bicyclic) bond motifs is 5. The molecule has 3 heterocycles. The Hall–Kier alpha value is -2.21. The molecule has 0 saturated heterocycles. The minimum Gasteiger partial charge on any atom is -0.478 e. The average molecular weight is 285 g/mol. The topological polar surface area (TPSA) is 65.3 Å². The Morgan fingerprint density at radius 2 is 2.15 bits per heavy atom. The molecule has 4 rings (SSSR count). The molecular formula is C14H11N3O2S. The van der Waals surface area contributed by atoms with Crippen LogP contribution in [0.5, 0.6) is 0 Å². The van der Waals surface area contributed by atoms with E-state index in [4.69, 9.17) is 0 Å². The van der Waals surface area contributed by atoms with E-state index >= 15 is 0 Å². The van der Waals surface area contributed by atoms with Gasteiger partial charge in [-0.05, 0) is 11.6 Å². The van der Waals surface area contributed by atoms with Crippen LogP contribution in [0, 0.1) is 0 Å². The van der Waals surface area contributed by atoms with Crippen molar-refractivity contribution in [1.29, 1.82) is 0 Å². The van der Waals surface area contributed by atoms with Crippen molar-refractivity contribution in [1.82, 2.24) is 0 Å². The summed E-state index contributed by atoms with van der Waals surface area (Å²) in [5.74, 6) is -0.850. The maximum absolute atomic E-state index is 11.5. The van der Waals surface area contributed by atoms with Gasteiger partial charge < -0.3 is 5.11 Å². The van der Waals surface area contributed by atoms with Gasteiger partial charge in [0.05, 0.1) is 11.3 Å². The molecule has 0 saturated carbocycles. The lowest BCUT2D eigenvalue weighted by molar-refractivity contribution is -0.132. The molecule has 0 bridgehead atoms. The van der Waals surface area contributed by atoms with E-state index in [-0.39, 0.29) is 0 Å². The van der Waals surface area contributed by atoms with Gasteiger partial charge in [0.15, 0.2) is 0 Å². The van der Waals surface area contributed by atoms with Gasteiger partial charge in [0.1, 0.15) is 6.34 Å². The molecule has 0 aromatic heterocycles. The number of carboxylic acids is 1. The number of anilines is 1. The van der Waals surface area contributed by atoms with Gasteiger partial charge in [0.2, 0.25) is 0 Å². The molecule has 20 heavy (non-hydrogen) atoms. The third-order valence-electron chi connectivity index (χ3n) is 3.61. The van der Waals surface area contributed by atoms with Crippen LogP contribution < -0.4 is 4.31 Å². The van der Waals surface area contributed by atoms with Gasteiger partial charge in [-0.1, -0.05) is 18.2 Å². The molecule has 100 valence electrons. The fourth-order valence-corrected chi connectivity index (χ4v) is 4.52. The highest BCUT2D eigenvalue weighted by atomic mass is 32.2. The number of benzene rings is 1. The minimum atomic E-state index is -0.850. The highest BCUT2D eigenvalue weighted by molar-refractivity contribution is 7.93. The Morgan fingerprint density at radius 3 is 3.00 bits per heavy atom. The van der Waals surface area contributed by atoms with Crippen LogP contribution in [0.25, 0.3) is 0 Å². The van der Waals surface area contributed by atoms with E-state index in [2.05, 4.69) is 13.7 Å². The standard InChI is InChI=1S/C14H11N3O2S/c18-14(19)11-6-10-7-15-8-16-20(10)17-12-4-2-1-3-9(12)5-13(11)17/h1-4,7-8H,5-6H2,(H,18,19). The van der Waals surface area contributed by atoms with Gasteiger partial charge in [-0.25, -0.2) is 9.79 Å². The Kier molecular flexibility index (Phi) is 2.40. The average Bonchev–Trinajstić information content (AvgIpc) is 2.85. The largest absolute Gasteiger partial charge is 0.478 e. The van der Waals surface area contributed by atoms with Crippen molar-refractivity contribution in [2.24, 2.45) is 9.36 Å². The molecule has 1 atom stereocenters. The lowest BCUT2D eigenvalue weighted by Crippen LogP contribution is -2.31. The predicted octanol–water partition coefficient (Wildman–Crippen LogP) is 2.39. The molecule has 1 unspecified atom stereocenters. The molecule has 1 N–H and O–H groups in total. The first-order valence-electron chi connectivity index (χ1n) is 6.25. The van der Waals surface area contributed by atoms with Crippen molar-refractivity contribution in [3.05, 3.63) is 52.2 Å². The Labute approximate surface area is 118 Å². The summed E-state index contributed by atoms with van der Waals surface area (Å²) in [6.07, 6.45) is 4.40. The van der Waals surface area contributed by atoms with Crippen LogP contribution in [0.1, 0.15) is 12.0 Å². The van der Waals surface area contributed by atoms with Gasteiger partial charge in [-0.3, -0.25) is 4.31 Å². The lowest BCUT2D eigenvalue weighted by atomic mass is 10.1. The summed E-state index contributed by atoms with van der Waals surface area (Å²) >= 11 is 0. The maximum Gasteiger partial charge on any atom is 0.333 e. The molecule has 0 radical (unpaired) electrons. The fraction of sp³-hybridized carbons (Fsp3) is 0.143. The molecule has 1 aromatic carbocycles. The molecule has 3 aliphatic rings. The van der Waals surface area contributed by atoms with Crippen molar-refractivity contribution in [3.63, 3.8) is 0 Å². The van der Waals surface area contributed by atoms with Gasteiger partial charge in [-0.15, -0.1) is 0 Å². The second-order valence-corrected chi connectivity index (χ2v) is 6.37. The summed E-state index contributed by atoms with van der Waals surface area (Å²) in [6.45, 7) is 0. The number of hydrogen-bond donors (Lipinski definition) is 1. The molecule has 0 spiro atoms. The number of aliphatic carboxylic acids is 1. The first-order valence-corrected chi connectivity index (χ1v) is 7.39. The molecule has 5 nitrogen and oxygen atoms in total. The Morgan fingerprint density at radius 1 is 1.30 bits per heavy atom. The predicted molar refractivity (Wildman–Crippen MR) is 78.3 cm³/mol. The summed E-state index contributed by atoms with van der Waals surface area (Å²) < 4.78 is 6.52. The van der Waals surface area contributed by atoms with Crippen LogP contribution in [-0.4, -0.2) is 17.4 Å². The number of rotatable bonds is 1. The van der Waals surface area contributed by atoms with Gasteiger partial charge in [0, 0.05) is 40.5 Å². The smallest absolute Gasteiger partial charge is 0.333 e. The number of allylic oxidation sites excluding steroid dienone is 2. The Balaban J connectivity index is 1.98. The number of aliphatic imine (C=N–C) groups is 1. The summed E-state index contributed by atoms with van der Waals surface area (Å²) in [5.41, 5.74) is 3.56. The normalized spacial score (nSPS) is 22.7. The minimum absolute atomic E-state index is 0.430. The Bertz CT molecular complexity index is 761. The summed E-state index contributed by atoms with van der Waals surface area (Å²) in [6, 6.07) is 8.03. The van der Waals surface area contributed by atoms with E-state index in [1.54, 1.807) is 12.5 Å².